The van der Waals surface area contributed by atoms with E-state index in [1.165, 1.54) is 0 Å². The number of nitrogens with one attached hydrogen (secondary N) is 1. The Hall–Kier alpha value is -1.74. The maximum atomic E-state index is 10.4. The number of hydrogen-bond acceptors (Lipinski definition) is 6. The molecule has 0 amide bonds. The Balaban J connectivity index is 1.49. The molecule has 140 valence electrons. The van der Waals surface area contributed by atoms with Crippen LogP contribution >= 0.6 is 27.5 Å². The Kier molecular flexibility index (Phi) is 4.12. The molecule has 2 heterocycles. The average Bonchev–Trinajstić information content (AvgIpc) is 3.25. The van der Waals surface area contributed by atoms with Gasteiger partial charge in [-0.15, -0.1) is 0 Å². The molecule has 0 spiro atoms. The maximum Gasteiger partial charge on any atom is 0.226 e. The highest BCUT2D eigenvalue weighted by Crippen LogP contribution is 2.57. The summed E-state index contributed by atoms with van der Waals surface area (Å²) in [4.78, 5) is 13.1. The van der Waals surface area contributed by atoms with E-state index in [2.05, 4.69) is 36.2 Å². The number of aromatic nitrogens is 4. The third-order valence-corrected chi connectivity index (χ3v) is 6.19. The lowest BCUT2D eigenvalue weighted by molar-refractivity contribution is 0.00386. The maximum absolute atomic E-state index is 10.4. The zero-order chi connectivity index (χ0) is 18.7. The second-order valence-electron chi connectivity index (χ2n) is 7.18. The zero-order valence-corrected chi connectivity index (χ0v) is 16.5. The largest absolute Gasteiger partial charge is 0.390 e. The number of benzene rings is 1. The second-order valence-corrected chi connectivity index (χ2v) is 8.44. The average molecular weight is 451 g/mol. The number of hydrogen-bond donors (Lipinski definition) is 3. The predicted octanol–water partition coefficient (Wildman–Crippen LogP) is 2.77. The van der Waals surface area contributed by atoms with E-state index in [0.29, 0.717) is 23.5 Å². The summed E-state index contributed by atoms with van der Waals surface area (Å²) < 4.78 is 2.84. The normalized spacial score (nSPS) is 29.1. The lowest BCUT2D eigenvalue weighted by Gasteiger charge is -2.22. The summed E-state index contributed by atoms with van der Waals surface area (Å²) in [6.45, 7) is 0.560. The molecule has 2 fully saturated rings. The van der Waals surface area contributed by atoms with Crippen molar-refractivity contribution in [2.75, 3.05) is 5.32 Å². The number of aliphatic hydroxyl groups excluding tert-OH is 2. The summed E-state index contributed by atoms with van der Waals surface area (Å²) in [6, 6.07) is 7.74. The summed E-state index contributed by atoms with van der Waals surface area (Å²) in [5.41, 5.74) is 2.25. The highest BCUT2D eigenvalue weighted by molar-refractivity contribution is 9.10. The fourth-order valence-electron chi connectivity index (χ4n) is 4.16. The molecular weight excluding hydrogens is 434 g/mol. The first-order chi connectivity index (χ1) is 13.0. The van der Waals surface area contributed by atoms with E-state index in [1.807, 2.05) is 28.8 Å². The summed E-state index contributed by atoms with van der Waals surface area (Å²) in [5, 5.41) is 23.9. The quantitative estimate of drug-likeness (QED) is 0.529. The summed E-state index contributed by atoms with van der Waals surface area (Å²) in [5.74, 6) is 0.956. The van der Waals surface area contributed by atoms with Crippen molar-refractivity contribution in [3.8, 4) is 0 Å². The Morgan fingerprint density at radius 3 is 2.81 bits per heavy atom. The van der Waals surface area contributed by atoms with Crippen LogP contribution in [0, 0.1) is 11.8 Å². The lowest BCUT2D eigenvalue weighted by atomic mass is 10.1. The minimum Gasteiger partial charge on any atom is -0.390 e. The van der Waals surface area contributed by atoms with E-state index in [0.717, 1.165) is 16.5 Å². The van der Waals surface area contributed by atoms with Gasteiger partial charge in [0.1, 0.15) is 6.10 Å². The van der Waals surface area contributed by atoms with Gasteiger partial charge in [-0.3, -0.25) is 0 Å². The van der Waals surface area contributed by atoms with Gasteiger partial charge < -0.3 is 20.1 Å². The molecule has 7 nitrogen and oxygen atoms in total. The topological polar surface area (TPSA) is 96.1 Å². The van der Waals surface area contributed by atoms with Crippen LogP contribution in [0.4, 0.5) is 5.82 Å². The van der Waals surface area contributed by atoms with Crippen molar-refractivity contribution in [2.45, 2.75) is 31.2 Å². The van der Waals surface area contributed by atoms with Gasteiger partial charge in [-0.25, -0.2) is 4.98 Å². The summed E-state index contributed by atoms with van der Waals surface area (Å²) >= 11 is 9.62. The van der Waals surface area contributed by atoms with Gasteiger partial charge >= 0.3 is 0 Å². The molecule has 0 radical (unpaired) electrons. The number of fused-ring (bicyclic) bond motifs is 2. The van der Waals surface area contributed by atoms with E-state index in [-0.39, 0.29) is 23.2 Å². The minimum absolute atomic E-state index is 0.112. The first kappa shape index (κ1) is 17.4. The fraction of sp³-hybridized carbons (Fsp3) is 0.389. The molecule has 3 aromatic rings. The van der Waals surface area contributed by atoms with Crippen molar-refractivity contribution in [2.24, 2.45) is 11.8 Å². The minimum atomic E-state index is -0.821. The number of aliphatic hydroxyl groups is 2. The van der Waals surface area contributed by atoms with Crippen LogP contribution in [0.1, 0.15) is 18.0 Å². The van der Waals surface area contributed by atoms with E-state index >= 15 is 0 Å². The molecule has 2 saturated carbocycles. The van der Waals surface area contributed by atoms with Crippen molar-refractivity contribution < 1.29 is 10.2 Å². The van der Waals surface area contributed by atoms with Gasteiger partial charge in [-0.1, -0.05) is 28.1 Å². The highest BCUT2D eigenvalue weighted by Gasteiger charge is 2.60. The third-order valence-electron chi connectivity index (χ3n) is 5.53. The van der Waals surface area contributed by atoms with Gasteiger partial charge in [0.15, 0.2) is 17.0 Å². The van der Waals surface area contributed by atoms with Crippen LogP contribution in [-0.2, 0) is 6.54 Å². The van der Waals surface area contributed by atoms with Crippen LogP contribution in [0.15, 0.2) is 35.1 Å². The van der Waals surface area contributed by atoms with Crippen LogP contribution in [0.25, 0.3) is 11.2 Å². The molecule has 2 aliphatic rings. The molecule has 3 N–H and O–H groups in total. The first-order valence-corrected chi connectivity index (χ1v) is 9.94. The van der Waals surface area contributed by atoms with Gasteiger partial charge in [-0.2, -0.15) is 9.97 Å². The predicted molar refractivity (Wildman–Crippen MR) is 104 cm³/mol. The van der Waals surface area contributed by atoms with Crippen LogP contribution in [0.2, 0.25) is 5.28 Å². The van der Waals surface area contributed by atoms with Crippen LogP contribution < -0.4 is 5.32 Å². The van der Waals surface area contributed by atoms with Gasteiger partial charge in [-0.05, 0) is 47.6 Å². The number of imidazole rings is 1. The van der Waals surface area contributed by atoms with E-state index in [9.17, 15) is 10.2 Å². The van der Waals surface area contributed by atoms with E-state index < -0.39 is 12.2 Å². The van der Waals surface area contributed by atoms with Gasteiger partial charge in [0.2, 0.25) is 5.28 Å². The Morgan fingerprint density at radius 2 is 2.07 bits per heavy atom. The highest BCUT2D eigenvalue weighted by atomic mass is 79.9. The number of nitrogens with zero attached hydrogens (tertiary/aromatic N) is 4. The molecular formula is C18H17BrClN5O2. The molecule has 5 atom stereocenters. The van der Waals surface area contributed by atoms with Gasteiger partial charge in [0.25, 0.3) is 0 Å². The Labute approximate surface area is 168 Å². The first-order valence-electron chi connectivity index (χ1n) is 8.77. The molecule has 0 unspecified atom stereocenters. The van der Waals surface area contributed by atoms with Crippen molar-refractivity contribution in [3.63, 3.8) is 0 Å². The van der Waals surface area contributed by atoms with Crippen molar-refractivity contribution in [3.05, 3.63) is 45.9 Å². The zero-order valence-electron chi connectivity index (χ0n) is 14.1. The lowest BCUT2D eigenvalue weighted by Crippen LogP contribution is -2.31. The standard InChI is InChI=1S/C18H17BrClN5O2/c19-9-3-1-2-8(4-9)6-21-16-12-17(24-18(20)23-16)25(7-22-12)13-10-5-11(10)14(26)15(13)27/h1-4,7,10-11,13-15,26-27H,5-6H2,(H,21,23,24)/t10-,11+,13-,14-,15+/m1/s1. The summed E-state index contributed by atoms with van der Waals surface area (Å²) in [6.07, 6.45) is 1.05. The molecule has 27 heavy (non-hydrogen) atoms. The van der Waals surface area contributed by atoms with Crippen molar-refractivity contribution in [1.82, 2.24) is 19.5 Å². The van der Waals surface area contributed by atoms with Crippen LogP contribution in [0.5, 0.6) is 0 Å². The SMILES string of the molecule is O[C@@H]1[C@H](O)[C@H]2C[C@H]2[C@H]1n1cnc2c(NCc3cccc(Br)c3)nc(Cl)nc21. The Morgan fingerprint density at radius 1 is 1.22 bits per heavy atom. The molecule has 1 aromatic carbocycles. The van der Waals surface area contributed by atoms with Crippen LogP contribution in [-0.4, -0.2) is 41.9 Å². The number of halogens is 2. The fourth-order valence-corrected chi connectivity index (χ4v) is 4.78. The second kappa shape index (κ2) is 6.41. The van der Waals surface area contributed by atoms with E-state index in [1.54, 1.807) is 6.33 Å². The molecule has 0 saturated heterocycles. The van der Waals surface area contributed by atoms with Crippen LogP contribution in [0.3, 0.4) is 0 Å². The smallest absolute Gasteiger partial charge is 0.226 e. The molecule has 2 aromatic heterocycles. The molecule has 0 bridgehead atoms. The number of anilines is 1. The Bertz CT molecular complexity index is 1030. The molecule has 0 aliphatic heterocycles. The molecule has 5 rings (SSSR count). The third kappa shape index (κ3) is 2.91. The van der Waals surface area contributed by atoms with E-state index in [4.69, 9.17) is 11.6 Å². The number of rotatable bonds is 4. The van der Waals surface area contributed by atoms with Crippen molar-refractivity contribution >= 4 is 44.5 Å². The van der Waals surface area contributed by atoms with Gasteiger partial charge in [0, 0.05) is 11.0 Å². The van der Waals surface area contributed by atoms with Crippen molar-refractivity contribution in [1.29, 1.82) is 0 Å². The molecule has 2 aliphatic carbocycles. The van der Waals surface area contributed by atoms with Gasteiger partial charge in [0.05, 0.1) is 18.5 Å². The monoisotopic (exact) mass is 449 g/mol. The summed E-state index contributed by atoms with van der Waals surface area (Å²) in [7, 11) is 0. The molecule has 9 heteroatoms.